The Morgan fingerprint density at radius 3 is 2.58 bits per heavy atom. The Kier molecular flexibility index (Phi) is 5.73. The molecular weight excluding hydrogens is 328 g/mol. The van der Waals surface area contributed by atoms with Crippen molar-refractivity contribution in [2.45, 2.75) is 12.5 Å². The van der Waals surface area contributed by atoms with Crippen molar-refractivity contribution in [2.24, 2.45) is 5.73 Å². The summed E-state index contributed by atoms with van der Waals surface area (Å²) in [6, 6.07) is 17.0. The molecule has 1 atom stereocenters. The Morgan fingerprint density at radius 2 is 1.83 bits per heavy atom. The predicted octanol–water partition coefficient (Wildman–Crippen LogP) is 2.72. The number of carbonyl (C=O) groups is 1. The molecule has 0 radical (unpaired) electrons. The summed E-state index contributed by atoms with van der Waals surface area (Å²) >= 11 is 0. The van der Waals surface area contributed by atoms with Crippen molar-refractivity contribution in [1.82, 2.24) is 0 Å². The van der Waals surface area contributed by atoms with Crippen molar-refractivity contribution in [3.63, 3.8) is 0 Å². The number of benzene rings is 2. The third kappa shape index (κ3) is 4.22. The quantitative estimate of drug-likeness (QED) is 0.713. The first-order valence-corrected chi connectivity index (χ1v) is 7.26. The lowest BCUT2D eigenvalue weighted by atomic mass is 10.1. The first kappa shape index (κ1) is 17.7. The van der Waals surface area contributed by atoms with Gasteiger partial charge in [0.05, 0.1) is 6.04 Å². The first-order chi connectivity index (χ1) is 11.1. The molecule has 1 amide bonds. The van der Waals surface area contributed by atoms with Crippen molar-refractivity contribution in [1.29, 1.82) is 0 Å². The molecule has 24 heavy (non-hydrogen) atoms. The Balaban J connectivity index is 0.00000208. The van der Waals surface area contributed by atoms with E-state index in [1.54, 1.807) is 24.3 Å². The number of nitrogens with one attached hydrogen (secondary N) is 1. The lowest BCUT2D eigenvalue weighted by molar-refractivity contribution is -0.117. The van der Waals surface area contributed by atoms with Crippen LogP contribution in [0, 0.1) is 0 Å². The molecule has 0 fully saturated rings. The van der Waals surface area contributed by atoms with Crippen LogP contribution in [0.5, 0.6) is 0 Å². The highest BCUT2D eigenvalue weighted by Gasteiger charge is 2.14. The highest BCUT2D eigenvalue weighted by Crippen LogP contribution is 2.18. The summed E-state index contributed by atoms with van der Waals surface area (Å²) in [6.45, 7) is 0. The molecule has 0 bridgehead atoms. The van der Waals surface area contributed by atoms with E-state index in [1.165, 1.54) is 6.07 Å². The molecule has 3 rings (SSSR count). The SMILES string of the molecule is Cl.NC(Cc1ccccc1)C(=O)Nc1ccc2oc(=O)ccc2c1. The maximum Gasteiger partial charge on any atom is 0.336 e. The van der Waals surface area contributed by atoms with Gasteiger partial charge >= 0.3 is 5.63 Å². The lowest BCUT2D eigenvalue weighted by Crippen LogP contribution is -2.37. The van der Waals surface area contributed by atoms with Gasteiger partial charge in [-0.2, -0.15) is 0 Å². The van der Waals surface area contributed by atoms with Gasteiger partial charge in [0.1, 0.15) is 5.58 Å². The number of amides is 1. The molecule has 0 aliphatic heterocycles. The van der Waals surface area contributed by atoms with E-state index in [0.717, 1.165) is 10.9 Å². The highest BCUT2D eigenvalue weighted by molar-refractivity contribution is 5.96. The molecule has 1 aromatic heterocycles. The van der Waals surface area contributed by atoms with Crippen molar-refractivity contribution in [3.8, 4) is 0 Å². The average Bonchev–Trinajstić information content (AvgIpc) is 2.56. The minimum atomic E-state index is -0.637. The summed E-state index contributed by atoms with van der Waals surface area (Å²) in [6.07, 6.45) is 0.467. The fraction of sp³-hybridized carbons (Fsp3) is 0.111. The Morgan fingerprint density at radius 1 is 1.08 bits per heavy atom. The summed E-state index contributed by atoms with van der Waals surface area (Å²) in [5, 5.41) is 3.52. The molecular formula is C18H17ClN2O3. The molecule has 0 spiro atoms. The molecule has 0 saturated carbocycles. The van der Waals surface area contributed by atoms with E-state index in [0.29, 0.717) is 17.7 Å². The minimum Gasteiger partial charge on any atom is -0.423 e. The van der Waals surface area contributed by atoms with Crippen LogP contribution in [0.1, 0.15) is 5.56 Å². The average molecular weight is 345 g/mol. The van der Waals surface area contributed by atoms with E-state index < -0.39 is 11.7 Å². The van der Waals surface area contributed by atoms with Crippen LogP contribution in [0.4, 0.5) is 5.69 Å². The molecule has 0 saturated heterocycles. The number of carbonyl (C=O) groups excluding carboxylic acids is 1. The first-order valence-electron chi connectivity index (χ1n) is 7.26. The third-order valence-corrected chi connectivity index (χ3v) is 3.52. The van der Waals surface area contributed by atoms with Crippen molar-refractivity contribution in [2.75, 3.05) is 5.32 Å². The van der Waals surface area contributed by atoms with Crippen LogP contribution in [-0.4, -0.2) is 11.9 Å². The molecule has 0 aliphatic carbocycles. The normalized spacial score (nSPS) is 11.5. The van der Waals surface area contributed by atoms with E-state index in [1.807, 2.05) is 30.3 Å². The Hall–Kier alpha value is -2.63. The molecule has 3 N–H and O–H groups in total. The predicted molar refractivity (Wildman–Crippen MR) is 96.5 cm³/mol. The number of hydrogen-bond donors (Lipinski definition) is 2. The molecule has 3 aromatic rings. The van der Waals surface area contributed by atoms with Crippen LogP contribution >= 0.6 is 12.4 Å². The zero-order valence-corrected chi connectivity index (χ0v) is 13.6. The summed E-state index contributed by atoms with van der Waals surface area (Å²) < 4.78 is 5.06. The van der Waals surface area contributed by atoms with Crippen LogP contribution in [-0.2, 0) is 11.2 Å². The van der Waals surface area contributed by atoms with E-state index in [9.17, 15) is 9.59 Å². The number of hydrogen-bond acceptors (Lipinski definition) is 4. The maximum absolute atomic E-state index is 12.2. The largest absolute Gasteiger partial charge is 0.423 e. The van der Waals surface area contributed by atoms with E-state index in [-0.39, 0.29) is 18.3 Å². The fourth-order valence-electron chi connectivity index (χ4n) is 2.35. The van der Waals surface area contributed by atoms with Gasteiger partial charge < -0.3 is 15.5 Å². The van der Waals surface area contributed by atoms with Gasteiger partial charge in [-0.3, -0.25) is 4.79 Å². The fourth-order valence-corrected chi connectivity index (χ4v) is 2.35. The standard InChI is InChI=1S/C18H16N2O3.ClH/c19-15(10-12-4-2-1-3-5-12)18(22)20-14-7-8-16-13(11-14)6-9-17(21)23-16;/h1-9,11,15H,10,19H2,(H,20,22);1H. The van der Waals surface area contributed by atoms with Crippen molar-refractivity contribution < 1.29 is 9.21 Å². The molecule has 0 aliphatic rings. The second-order valence-electron chi connectivity index (χ2n) is 5.29. The molecule has 124 valence electrons. The second-order valence-corrected chi connectivity index (χ2v) is 5.29. The van der Waals surface area contributed by atoms with E-state index in [4.69, 9.17) is 10.2 Å². The van der Waals surface area contributed by atoms with Gasteiger partial charge in [0.25, 0.3) is 0 Å². The molecule has 1 unspecified atom stereocenters. The molecule has 6 heteroatoms. The monoisotopic (exact) mass is 344 g/mol. The van der Waals surface area contributed by atoms with Crippen molar-refractivity contribution >= 4 is 35.0 Å². The van der Waals surface area contributed by atoms with Crippen LogP contribution in [0.25, 0.3) is 11.0 Å². The van der Waals surface area contributed by atoms with Gasteiger partial charge in [0.2, 0.25) is 5.91 Å². The molecule has 5 nitrogen and oxygen atoms in total. The van der Waals surface area contributed by atoms with E-state index >= 15 is 0 Å². The van der Waals surface area contributed by atoms with Gasteiger partial charge in [0, 0.05) is 17.1 Å². The summed E-state index contributed by atoms with van der Waals surface area (Å²) in [7, 11) is 0. The summed E-state index contributed by atoms with van der Waals surface area (Å²) in [5.41, 5.74) is 7.65. The van der Waals surface area contributed by atoms with Crippen LogP contribution in [0.3, 0.4) is 0 Å². The zero-order valence-electron chi connectivity index (χ0n) is 12.8. The smallest absolute Gasteiger partial charge is 0.336 e. The summed E-state index contributed by atoms with van der Waals surface area (Å²) in [5.74, 6) is -0.259. The Labute approximate surface area is 144 Å². The molecule has 2 aromatic carbocycles. The summed E-state index contributed by atoms with van der Waals surface area (Å²) in [4.78, 5) is 23.4. The van der Waals surface area contributed by atoms with Crippen molar-refractivity contribution in [3.05, 3.63) is 76.6 Å². The van der Waals surface area contributed by atoms with Gasteiger partial charge in [0.15, 0.2) is 0 Å². The number of halogens is 1. The topological polar surface area (TPSA) is 85.3 Å². The van der Waals surface area contributed by atoms with Gasteiger partial charge in [-0.1, -0.05) is 30.3 Å². The lowest BCUT2D eigenvalue weighted by Gasteiger charge is -2.12. The number of nitrogens with two attached hydrogens (primary N) is 1. The second kappa shape index (κ2) is 7.77. The number of rotatable bonds is 4. The minimum absolute atomic E-state index is 0. The Bertz CT molecular complexity index is 893. The van der Waals surface area contributed by atoms with Crippen LogP contribution in [0.2, 0.25) is 0 Å². The van der Waals surface area contributed by atoms with Crippen LogP contribution in [0.15, 0.2) is 69.9 Å². The highest BCUT2D eigenvalue weighted by atomic mass is 35.5. The zero-order chi connectivity index (χ0) is 16.2. The molecule has 1 heterocycles. The van der Waals surface area contributed by atoms with Gasteiger partial charge in [-0.15, -0.1) is 12.4 Å². The number of fused-ring (bicyclic) bond motifs is 1. The van der Waals surface area contributed by atoms with E-state index in [2.05, 4.69) is 5.32 Å². The van der Waals surface area contributed by atoms with Crippen LogP contribution < -0.4 is 16.7 Å². The maximum atomic E-state index is 12.2. The number of anilines is 1. The third-order valence-electron chi connectivity index (χ3n) is 3.52. The van der Waals surface area contributed by atoms with Gasteiger partial charge in [-0.05, 0) is 36.2 Å². The van der Waals surface area contributed by atoms with Gasteiger partial charge in [-0.25, -0.2) is 4.79 Å².